The van der Waals surface area contributed by atoms with E-state index >= 15 is 0 Å². The maximum Gasteiger partial charge on any atom is 0.222 e. The van der Waals surface area contributed by atoms with E-state index in [1.54, 1.807) is 25.1 Å². The zero-order valence-electron chi connectivity index (χ0n) is 18.4. The third kappa shape index (κ3) is 5.97. The molecule has 0 aliphatic carbocycles. The fraction of sp³-hybridized carbons (Fsp3) is 0.348. The number of nitrogens with one attached hydrogen (secondary N) is 2. The standard InChI is InChI=1S/C23H27ClFN5O2/c1-26-20-12-16-19(13-21(20)32-10-6-4-5-7-22(31)30(2)3)27-14-28-23(16)29-15-8-9-18(25)17(24)11-15/h8-9,11-14,26H,4-7,10H2,1-3H3,(H,27,28,29). The Bertz CT molecular complexity index is 1090. The molecule has 1 heterocycles. The normalized spacial score (nSPS) is 10.8. The summed E-state index contributed by atoms with van der Waals surface area (Å²) in [5, 5.41) is 7.13. The number of carbonyl (C=O) groups is 1. The van der Waals surface area contributed by atoms with Crippen molar-refractivity contribution in [3.05, 3.63) is 47.5 Å². The van der Waals surface area contributed by atoms with Crippen LogP contribution < -0.4 is 15.4 Å². The van der Waals surface area contributed by atoms with Crippen LogP contribution in [-0.2, 0) is 4.79 Å². The van der Waals surface area contributed by atoms with Gasteiger partial charge in [-0.05, 0) is 43.5 Å². The smallest absolute Gasteiger partial charge is 0.222 e. The summed E-state index contributed by atoms with van der Waals surface area (Å²) in [7, 11) is 5.35. The van der Waals surface area contributed by atoms with E-state index in [0.717, 1.165) is 30.3 Å². The molecule has 0 unspecified atom stereocenters. The Labute approximate surface area is 191 Å². The molecule has 1 amide bonds. The molecule has 170 valence electrons. The van der Waals surface area contributed by atoms with Crippen LogP contribution in [0.3, 0.4) is 0 Å². The minimum Gasteiger partial charge on any atom is -0.491 e. The molecule has 0 saturated heterocycles. The Kier molecular flexibility index (Phi) is 8.05. The number of nitrogens with zero attached hydrogens (tertiary/aromatic N) is 3. The summed E-state index contributed by atoms with van der Waals surface area (Å²) >= 11 is 5.88. The Morgan fingerprint density at radius 3 is 2.69 bits per heavy atom. The van der Waals surface area contributed by atoms with Gasteiger partial charge in [-0.2, -0.15) is 0 Å². The van der Waals surface area contributed by atoms with Gasteiger partial charge in [0.2, 0.25) is 5.91 Å². The fourth-order valence-electron chi connectivity index (χ4n) is 3.17. The van der Waals surface area contributed by atoms with Crippen molar-refractivity contribution in [2.45, 2.75) is 25.7 Å². The number of carbonyl (C=O) groups excluding carboxylic acids is 1. The molecule has 0 aliphatic heterocycles. The van der Waals surface area contributed by atoms with Crippen molar-refractivity contribution in [2.24, 2.45) is 0 Å². The molecule has 2 aromatic carbocycles. The van der Waals surface area contributed by atoms with Crippen LogP contribution in [0.1, 0.15) is 25.7 Å². The molecule has 9 heteroatoms. The summed E-state index contributed by atoms with van der Waals surface area (Å²) in [5.41, 5.74) is 2.13. The molecular formula is C23H27ClFN5O2. The Balaban J connectivity index is 1.68. The van der Waals surface area contributed by atoms with Gasteiger partial charge in [0.05, 0.1) is 22.8 Å². The third-order valence-corrected chi connectivity index (χ3v) is 5.27. The van der Waals surface area contributed by atoms with Crippen molar-refractivity contribution in [3.63, 3.8) is 0 Å². The molecule has 0 atom stereocenters. The summed E-state index contributed by atoms with van der Waals surface area (Å²) in [5.74, 6) is 0.934. The van der Waals surface area contributed by atoms with Crippen LogP contribution in [0.15, 0.2) is 36.7 Å². The van der Waals surface area contributed by atoms with Gasteiger partial charge in [0.1, 0.15) is 23.7 Å². The van der Waals surface area contributed by atoms with E-state index in [1.807, 2.05) is 19.2 Å². The molecular weight excluding hydrogens is 433 g/mol. The summed E-state index contributed by atoms with van der Waals surface area (Å²) in [6.07, 6.45) is 4.62. The molecule has 3 rings (SSSR count). The lowest BCUT2D eigenvalue weighted by Gasteiger charge is -2.15. The zero-order chi connectivity index (χ0) is 23.1. The van der Waals surface area contributed by atoms with Crippen molar-refractivity contribution in [2.75, 3.05) is 38.4 Å². The third-order valence-electron chi connectivity index (χ3n) is 4.98. The number of fused-ring (bicyclic) bond motifs is 1. The second-order valence-corrected chi connectivity index (χ2v) is 7.95. The number of anilines is 3. The highest BCUT2D eigenvalue weighted by molar-refractivity contribution is 6.31. The number of amides is 1. The quantitative estimate of drug-likeness (QED) is 0.404. The molecule has 1 aromatic heterocycles. The average Bonchev–Trinajstić information content (AvgIpc) is 2.78. The van der Waals surface area contributed by atoms with E-state index in [0.29, 0.717) is 35.8 Å². The molecule has 3 aromatic rings. The number of aromatic nitrogens is 2. The largest absolute Gasteiger partial charge is 0.491 e. The summed E-state index contributed by atoms with van der Waals surface area (Å²) in [4.78, 5) is 21.9. The van der Waals surface area contributed by atoms with Gasteiger partial charge < -0.3 is 20.3 Å². The van der Waals surface area contributed by atoms with Crippen LogP contribution in [0.2, 0.25) is 5.02 Å². The first-order valence-electron chi connectivity index (χ1n) is 10.4. The van der Waals surface area contributed by atoms with Crippen molar-refractivity contribution >= 4 is 45.6 Å². The highest BCUT2D eigenvalue weighted by Crippen LogP contribution is 2.33. The van der Waals surface area contributed by atoms with Crippen molar-refractivity contribution in [1.82, 2.24) is 14.9 Å². The second kappa shape index (κ2) is 10.9. The molecule has 32 heavy (non-hydrogen) atoms. The van der Waals surface area contributed by atoms with Crippen LogP contribution in [0, 0.1) is 5.82 Å². The average molecular weight is 460 g/mol. The van der Waals surface area contributed by atoms with Gasteiger partial charge >= 0.3 is 0 Å². The summed E-state index contributed by atoms with van der Waals surface area (Å²) < 4.78 is 19.4. The maximum atomic E-state index is 13.4. The van der Waals surface area contributed by atoms with Gasteiger partial charge in [-0.1, -0.05) is 11.6 Å². The van der Waals surface area contributed by atoms with Gasteiger partial charge in [-0.25, -0.2) is 14.4 Å². The van der Waals surface area contributed by atoms with Gasteiger partial charge in [-0.15, -0.1) is 0 Å². The van der Waals surface area contributed by atoms with Crippen LogP contribution in [0.25, 0.3) is 10.9 Å². The number of halogens is 2. The first-order chi connectivity index (χ1) is 15.4. The summed E-state index contributed by atoms with van der Waals surface area (Å²) in [6, 6.07) is 8.18. The Morgan fingerprint density at radius 1 is 1.16 bits per heavy atom. The number of ether oxygens (including phenoxy) is 1. The molecule has 2 N–H and O–H groups in total. The highest BCUT2D eigenvalue weighted by Gasteiger charge is 2.12. The second-order valence-electron chi connectivity index (χ2n) is 7.54. The fourth-order valence-corrected chi connectivity index (χ4v) is 3.35. The van der Waals surface area contributed by atoms with E-state index in [4.69, 9.17) is 16.3 Å². The topological polar surface area (TPSA) is 79.4 Å². The van der Waals surface area contributed by atoms with Gasteiger partial charge in [-0.3, -0.25) is 4.79 Å². The van der Waals surface area contributed by atoms with Gasteiger partial charge in [0.15, 0.2) is 0 Å². The van der Waals surface area contributed by atoms with Crippen molar-refractivity contribution in [3.8, 4) is 5.75 Å². The Morgan fingerprint density at radius 2 is 1.97 bits per heavy atom. The van der Waals surface area contributed by atoms with Gasteiger partial charge in [0.25, 0.3) is 0 Å². The van der Waals surface area contributed by atoms with E-state index < -0.39 is 5.82 Å². The van der Waals surface area contributed by atoms with E-state index in [9.17, 15) is 9.18 Å². The number of unbranched alkanes of at least 4 members (excludes halogenated alkanes) is 2. The Hall–Kier alpha value is -3.13. The van der Waals surface area contributed by atoms with Crippen molar-refractivity contribution in [1.29, 1.82) is 0 Å². The molecule has 0 fully saturated rings. The van der Waals surface area contributed by atoms with Crippen molar-refractivity contribution < 1.29 is 13.9 Å². The minimum absolute atomic E-state index is 0.0334. The SMILES string of the molecule is CNc1cc2c(Nc3ccc(F)c(Cl)c3)ncnc2cc1OCCCCCC(=O)N(C)C. The number of hydrogen-bond donors (Lipinski definition) is 2. The van der Waals surface area contributed by atoms with E-state index in [1.165, 1.54) is 18.5 Å². The van der Waals surface area contributed by atoms with Crippen LogP contribution in [0.4, 0.5) is 21.6 Å². The predicted molar refractivity (Wildman–Crippen MR) is 126 cm³/mol. The highest BCUT2D eigenvalue weighted by atomic mass is 35.5. The molecule has 0 aliphatic rings. The first-order valence-corrected chi connectivity index (χ1v) is 10.8. The van der Waals surface area contributed by atoms with E-state index in [2.05, 4.69) is 20.6 Å². The zero-order valence-corrected chi connectivity index (χ0v) is 19.2. The molecule has 0 radical (unpaired) electrons. The lowest BCUT2D eigenvalue weighted by Crippen LogP contribution is -2.21. The number of rotatable bonds is 10. The summed E-state index contributed by atoms with van der Waals surface area (Å²) in [6.45, 7) is 0.542. The van der Waals surface area contributed by atoms with Crippen LogP contribution in [0.5, 0.6) is 5.75 Å². The van der Waals surface area contributed by atoms with Crippen LogP contribution >= 0.6 is 11.6 Å². The van der Waals surface area contributed by atoms with Gasteiger partial charge in [0, 0.05) is 44.7 Å². The minimum atomic E-state index is -0.478. The predicted octanol–water partition coefficient (Wildman–Crippen LogP) is 5.24. The first kappa shape index (κ1) is 23.5. The molecule has 7 nitrogen and oxygen atoms in total. The lowest BCUT2D eigenvalue weighted by atomic mass is 10.1. The van der Waals surface area contributed by atoms with Crippen LogP contribution in [-0.4, -0.2) is 48.5 Å². The molecule has 0 bridgehead atoms. The van der Waals surface area contributed by atoms with E-state index in [-0.39, 0.29) is 10.9 Å². The lowest BCUT2D eigenvalue weighted by molar-refractivity contribution is -0.128. The monoisotopic (exact) mass is 459 g/mol. The molecule has 0 saturated carbocycles. The maximum absolute atomic E-state index is 13.4. The number of benzene rings is 2. The molecule has 0 spiro atoms. The number of hydrogen-bond acceptors (Lipinski definition) is 6.